The molecule has 0 aliphatic carbocycles. The molecule has 0 heterocycles. The Kier molecular flexibility index (Phi) is 8.45. The van der Waals surface area contributed by atoms with E-state index in [1.54, 1.807) is 23.7 Å². The zero-order valence-electron chi connectivity index (χ0n) is 12.0. The topological polar surface area (TPSA) is 57.6 Å². The molecule has 0 aromatic heterocycles. The molecule has 0 radical (unpaired) electrons. The van der Waals surface area contributed by atoms with Gasteiger partial charge >= 0.3 is 5.97 Å². The van der Waals surface area contributed by atoms with Gasteiger partial charge in [-0.25, -0.2) is 0 Å². The number of carbonyl (C=O) groups is 2. The number of carbonyl (C=O) groups excluding carboxylic acids is 1. The van der Waals surface area contributed by atoms with Gasteiger partial charge in [0, 0.05) is 35.8 Å². The summed E-state index contributed by atoms with van der Waals surface area (Å²) < 4.78 is 1.06. The average molecular weight is 374 g/mol. The normalized spacial score (nSPS) is 10.4. The van der Waals surface area contributed by atoms with E-state index >= 15 is 0 Å². The van der Waals surface area contributed by atoms with Crippen molar-refractivity contribution in [1.29, 1.82) is 0 Å². The Labute approximate surface area is 138 Å². The van der Waals surface area contributed by atoms with E-state index in [2.05, 4.69) is 28.1 Å². The van der Waals surface area contributed by atoms with Crippen molar-refractivity contribution < 1.29 is 14.7 Å². The summed E-state index contributed by atoms with van der Waals surface area (Å²) in [5, 5.41) is 8.55. The van der Waals surface area contributed by atoms with Gasteiger partial charge in [0.2, 0.25) is 5.91 Å². The SMILES string of the molecule is CN(CCCC(=O)O)C(=O)CCCSc1ccc(Br)cc1. The molecule has 0 spiro atoms. The lowest BCUT2D eigenvalue weighted by Gasteiger charge is -2.16. The summed E-state index contributed by atoms with van der Waals surface area (Å²) in [6.07, 6.45) is 1.94. The van der Waals surface area contributed by atoms with Crippen LogP contribution in [0.3, 0.4) is 0 Å². The minimum Gasteiger partial charge on any atom is -0.481 e. The molecule has 0 aliphatic heterocycles. The van der Waals surface area contributed by atoms with E-state index in [1.807, 2.05) is 12.1 Å². The summed E-state index contributed by atoms with van der Waals surface area (Å²) in [4.78, 5) is 25.1. The van der Waals surface area contributed by atoms with E-state index in [0.29, 0.717) is 19.4 Å². The van der Waals surface area contributed by atoms with Crippen molar-refractivity contribution in [1.82, 2.24) is 4.90 Å². The van der Waals surface area contributed by atoms with Crippen LogP contribution in [0.5, 0.6) is 0 Å². The number of rotatable bonds is 9. The third kappa shape index (κ3) is 8.12. The maximum atomic E-state index is 11.8. The molecule has 0 saturated carbocycles. The second kappa shape index (κ2) is 9.84. The molecule has 21 heavy (non-hydrogen) atoms. The van der Waals surface area contributed by atoms with Gasteiger partial charge < -0.3 is 10.0 Å². The first kappa shape index (κ1) is 18.0. The lowest BCUT2D eigenvalue weighted by molar-refractivity contribution is -0.138. The minimum atomic E-state index is -0.818. The van der Waals surface area contributed by atoms with Crippen molar-refractivity contribution in [2.45, 2.75) is 30.6 Å². The van der Waals surface area contributed by atoms with Crippen molar-refractivity contribution in [3.8, 4) is 0 Å². The van der Waals surface area contributed by atoms with Gasteiger partial charge in [-0.2, -0.15) is 0 Å². The Balaban J connectivity index is 2.15. The third-order valence-corrected chi connectivity index (χ3v) is 4.55. The summed E-state index contributed by atoms with van der Waals surface area (Å²) >= 11 is 5.13. The molecule has 1 rings (SSSR count). The van der Waals surface area contributed by atoms with Crippen molar-refractivity contribution >= 4 is 39.6 Å². The van der Waals surface area contributed by atoms with Crippen LogP contribution in [0, 0.1) is 0 Å². The van der Waals surface area contributed by atoms with Gasteiger partial charge in [0.15, 0.2) is 0 Å². The monoisotopic (exact) mass is 373 g/mol. The Hall–Kier alpha value is -1.01. The molecule has 0 atom stereocenters. The predicted molar refractivity (Wildman–Crippen MR) is 88.6 cm³/mol. The van der Waals surface area contributed by atoms with E-state index in [9.17, 15) is 9.59 Å². The number of amides is 1. The first-order chi connectivity index (χ1) is 9.99. The molecule has 0 fully saturated rings. The van der Waals surface area contributed by atoms with Crippen LogP contribution < -0.4 is 0 Å². The largest absolute Gasteiger partial charge is 0.481 e. The highest BCUT2D eigenvalue weighted by atomic mass is 79.9. The number of carboxylic acids is 1. The number of halogens is 1. The van der Waals surface area contributed by atoms with Crippen LogP contribution in [0.1, 0.15) is 25.7 Å². The molecule has 4 nitrogen and oxygen atoms in total. The Morgan fingerprint density at radius 2 is 1.86 bits per heavy atom. The molecular formula is C15H20BrNO3S. The maximum Gasteiger partial charge on any atom is 0.303 e. The Morgan fingerprint density at radius 1 is 1.19 bits per heavy atom. The summed E-state index contributed by atoms with van der Waals surface area (Å²) in [7, 11) is 1.73. The molecule has 0 aliphatic rings. The van der Waals surface area contributed by atoms with Crippen LogP contribution in [-0.4, -0.2) is 41.2 Å². The highest BCUT2D eigenvalue weighted by molar-refractivity contribution is 9.10. The smallest absolute Gasteiger partial charge is 0.303 e. The highest BCUT2D eigenvalue weighted by Crippen LogP contribution is 2.21. The summed E-state index contributed by atoms with van der Waals surface area (Å²) in [6, 6.07) is 8.11. The van der Waals surface area contributed by atoms with Crippen LogP contribution in [0.15, 0.2) is 33.6 Å². The second-order valence-electron chi connectivity index (χ2n) is 4.72. The summed E-state index contributed by atoms with van der Waals surface area (Å²) in [6.45, 7) is 0.505. The van der Waals surface area contributed by atoms with Gasteiger partial charge in [-0.1, -0.05) is 15.9 Å². The van der Waals surface area contributed by atoms with Crippen LogP contribution in [0.4, 0.5) is 0 Å². The first-order valence-electron chi connectivity index (χ1n) is 6.83. The molecule has 1 N–H and O–H groups in total. The number of hydrogen-bond donors (Lipinski definition) is 1. The molecule has 1 aromatic carbocycles. The number of benzene rings is 1. The standard InChI is InChI=1S/C15H20BrNO3S/c1-17(10-2-5-15(19)20)14(18)4-3-11-21-13-8-6-12(16)7-9-13/h6-9H,2-5,10-11H2,1H3,(H,19,20). The predicted octanol–water partition coefficient (Wildman–Crippen LogP) is 3.64. The van der Waals surface area contributed by atoms with E-state index in [-0.39, 0.29) is 12.3 Å². The second-order valence-corrected chi connectivity index (χ2v) is 6.80. The first-order valence-corrected chi connectivity index (χ1v) is 8.61. The van der Waals surface area contributed by atoms with Crippen LogP contribution in [0.25, 0.3) is 0 Å². The maximum absolute atomic E-state index is 11.8. The molecule has 6 heteroatoms. The fourth-order valence-corrected chi connectivity index (χ4v) is 2.84. The molecule has 0 unspecified atom stereocenters. The molecule has 1 aromatic rings. The van der Waals surface area contributed by atoms with E-state index in [0.717, 1.165) is 16.6 Å². The quantitative estimate of drug-likeness (QED) is 0.530. The average Bonchev–Trinajstić information content (AvgIpc) is 2.44. The number of nitrogens with zero attached hydrogens (tertiary/aromatic N) is 1. The fraction of sp³-hybridized carbons (Fsp3) is 0.467. The summed E-state index contributed by atoms with van der Waals surface area (Å²) in [5.41, 5.74) is 0. The lowest BCUT2D eigenvalue weighted by atomic mass is 10.2. The third-order valence-electron chi connectivity index (χ3n) is 2.93. The van der Waals surface area contributed by atoms with Gasteiger partial charge in [0.1, 0.15) is 0 Å². The zero-order valence-corrected chi connectivity index (χ0v) is 14.5. The van der Waals surface area contributed by atoms with Gasteiger partial charge in [0.25, 0.3) is 0 Å². The van der Waals surface area contributed by atoms with Crippen LogP contribution in [0.2, 0.25) is 0 Å². The minimum absolute atomic E-state index is 0.0804. The van der Waals surface area contributed by atoms with E-state index < -0.39 is 5.97 Å². The number of carboxylic acid groups (broad SMARTS) is 1. The van der Waals surface area contributed by atoms with Gasteiger partial charge in [-0.05, 0) is 42.9 Å². The van der Waals surface area contributed by atoms with Gasteiger partial charge in [-0.3, -0.25) is 9.59 Å². The Bertz CT molecular complexity index is 464. The number of aliphatic carboxylic acids is 1. The van der Waals surface area contributed by atoms with Crippen molar-refractivity contribution in [2.75, 3.05) is 19.3 Å². The molecule has 0 saturated heterocycles. The van der Waals surface area contributed by atoms with Gasteiger partial charge in [0.05, 0.1) is 0 Å². The zero-order chi connectivity index (χ0) is 15.7. The molecular weight excluding hydrogens is 354 g/mol. The van der Waals surface area contributed by atoms with Crippen molar-refractivity contribution in [3.63, 3.8) is 0 Å². The van der Waals surface area contributed by atoms with Crippen LogP contribution >= 0.6 is 27.7 Å². The Morgan fingerprint density at radius 3 is 2.48 bits per heavy atom. The van der Waals surface area contributed by atoms with E-state index in [4.69, 9.17) is 5.11 Å². The van der Waals surface area contributed by atoms with Gasteiger partial charge in [-0.15, -0.1) is 11.8 Å². The number of hydrogen-bond acceptors (Lipinski definition) is 3. The van der Waals surface area contributed by atoms with E-state index in [1.165, 1.54) is 4.90 Å². The fourth-order valence-electron chi connectivity index (χ4n) is 1.73. The molecule has 1 amide bonds. The lowest BCUT2D eigenvalue weighted by Crippen LogP contribution is -2.27. The summed E-state index contributed by atoms with van der Waals surface area (Å²) in [5.74, 6) is 0.162. The van der Waals surface area contributed by atoms with Crippen molar-refractivity contribution in [3.05, 3.63) is 28.7 Å². The number of thioether (sulfide) groups is 1. The highest BCUT2D eigenvalue weighted by Gasteiger charge is 2.08. The molecule has 116 valence electrons. The molecule has 0 bridgehead atoms. The van der Waals surface area contributed by atoms with Crippen LogP contribution in [-0.2, 0) is 9.59 Å². The van der Waals surface area contributed by atoms with Crippen molar-refractivity contribution in [2.24, 2.45) is 0 Å².